The maximum atomic E-state index is 12.5. The lowest BCUT2D eigenvalue weighted by Gasteiger charge is -2.11. The number of nitrogens with zero attached hydrogens (tertiary/aromatic N) is 3. The Bertz CT molecular complexity index is 553. The average molecular weight is 288 g/mol. The molecule has 0 saturated carbocycles. The summed E-state index contributed by atoms with van der Waals surface area (Å²) in [6, 6.07) is 9.37. The van der Waals surface area contributed by atoms with Gasteiger partial charge < -0.3 is 5.84 Å². The van der Waals surface area contributed by atoms with Crippen molar-refractivity contribution in [1.29, 1.82) is 0 Å². The first kappa shape index (κ1) is 13.7. The summed E-state index contributed by atoms with van der Waals surface area (Å²) in [6.45, 7) is 1.86. The van der Waals surface area contributed by atoms with Crippen molar-refractivity contribution in [2.45, 2.75) is 23.5 Å². The number of nitrogens with two attached hydrogens (primary N) is 1. The third-order valence-electron chi connectivity index (χ3n) is 2.47. The van der Waals surface area contributed by atoms with E-state index in [0.717, 1.165) is 17.3 Å². The Morgan fingerprint density at radius 3 is 2.37 bits per heavy atom. The largest absolute Gasteiger partial charge is 0.453 e. The van der Waals surface area contributed by atoms with Gasteiger partial charge in [-0.3, -0.25) is 0 Å². The fraction of sp³-hybridized carbons (Fsp3) is 0.273. The minimum atomic E-state index is -4.60. The lowest BCUT2D eigenvalue weighted by atomic mass is 10.2. The molecule has 0 amide bonds. The normalized spacial score (nSPS) is 13.5. The molecule has 0 bridgehead atoms. The van der Waals surface area contributed by atoms with E-state index in [2.05, 4.69) is 10.2 Å². The minimum absolute atomic E-state index is 0.0312. The number of alkyl halides is 3. The Morgan fingerprint density at radius 2 is 1.84 bits per heavy atom. The summed E-state index contributed by atoms with van der Waals surface area (Å²) in [6.07, 6.45) is -4.60. The molecule has 2 rings (SSSR count). The van der Waals surface area contributed by atoms with E-state index in [0.29, 0.717) is 4.68 Å². The third-order valence-corrected chi connectivity index (χ3v) is 3.58. The molecular weight excluding hydrogens is 277 g/mol. The fourth-order valence-corrected chi connectivity index (χ4v) is 2.40. The summed E-state index contributed by atoms with van der Waals surface area (Å²) in [4.78, 5) is 0. The van der Waals surface area contributed by atoms with Crippen LogP contribution >= 0.6 is 11.8 Å². The smallest absolute Gasteiger partial charge is 0.335 e. The number of hydrogen-bond donors (Lipinski definition) is 1. The van der Waals surface area contributed by atoms with E-state index in [-0.39, 0.29) is 10.4 Å². The zero-order valence-electron chi connectivity index (χ0n) is 9.93. The maximum absolute atomic E-state index is 12.5. The van der Waals surface area contributed by atoms with Crippen LogP contribution in [0, 0.1) is 0 Å². The number of nitrogen functional groups attached to an aromatic ring is 1. The van der Waals surface area contributed by atoms with Crippen LogP contribution in [0.1, 0.15) is 23.6 Å². The summed E-state index contributed by atoms with van der Waals surface area (Å²) in [5, 5.41) is 6.51. The Balaban J connectivity index is 2.19. The van der Waals surface area contributed by atoms with Crippen molar-refractivity contribution < 1.29 is 13.2 Å². The number of hydrogen-bond acceptors (Lipinski definition) is 4. The van der Waals surface area contributed by atoms with E-state index in [4.69, 9.17) is 5.84 Å². The molecule has 0 saturated heterocycles. The number of benzene rings is 1. The predicted octanol–water partition coefficient (Wildman–Crippen LogP) is 2.86. The Hall–Kier alpha value is -1.70. The van der Waals surface area contributed by atoms with Gasteiger partial charge in [0, 0.05) is 5.25 Å². The molecule has 1 aromatic carbocycles. The van der Waals surface area contributed by atoms with E-state index in [1.165, 1.54) is 0 Å². The summed E-state index contributed by atoms with van der Waals surface area (Å²) in [7, 11) is 0. The molecule has 0 fully saturated rings. The summed E-state index contributed by atoms with van der Waals surface area (Å²) in [5.41, 5.74) is 0.976. The molecule has 1 heterocycles. The van der Waals surface area contributed by atoms with Crippen LogP contribution in [0.4, 0.5) is 13.2 Å². The molecule has 102 valence electrons. The predicted molar refractivity (Wildman–Crippen MR) is 65.9 cm³/mol. The molecule has 8 heteroatoms. The van der Waals surface area contributed by atoms with E-state index >= 15 is 0 Å². The van der Waals surface area contributed by atoms with Crippen LogP contribution in [0.15, 0.2) is 35.5 Å². The van der Waals surface area contributed by atoms with Crippen LogP contribution in [-0.2, 0) is 6.18 Å². The zero-order valence-corrected chi connectivity index (χ0v) is 10.7. The molecule has 2 aromatic rings. The van der Waals surface area contributed by atoms with Crippen molar-refractivity contribution in [1.82, 2.24) is 14.9 Å². The topological polar surface area (TPSA) is 56.7 Å². The summed E-state index contributed by atoms with van der Waals surface area (Å²) >= 11 is 1.12. The highest BCUT2D eigenvalue weighted by atomic mass is 32.2. The molecule has 1 unspecified atom stereocenters. The van der Waals surface area contributed by atoms with E-state index < -0.39 is 12.0 Å². The first-order valence-electron chi connectivity index (χ1n) is 5.39. The second-order valence-electron chi connectivity index (χ2n) is 3.84. The molecule has 2 N–H and O–H groups in total. The average Bonchev–Trinajstić information content (AvgIpc) is 2.72. The molecule has 0 spiro atoms. The van der Waals surface area contributed by atoms with Gasteiger partial charge in [-0.25, -0.2) is 4.68 Å². The Kier molecular flexibility index (Phi) is 3.70. The van der Waals surface area contributed by atoms with Gasteiger partial charge in [-0.05, 0) is 12.5 Å². The second-order valence-corrected chi connectivity index (χ2v) is 5.15. The molecule has 1 atom stereocenters. The first-order valence-corrected chi connectivity index (χ1v) is 6.27. The second kappa shape index (κ2) is 5.12. The van der Waals surface area contributed by atoms with Crippen LogP contribution in [0.25, 0.3) is 0 Å². The van der Waals surface area contributed by atoms with E-state index in [1.807, 2.05) is 37.3 Å². The van der Waals surface area contributed by atoms with Crippen LogP contribution in [0.2, 0.25) is 0 Å². The van der Waals surface area contributed by atoms with Crippen molar-refractivity contribution in [2.75, 3.05) is 5.84 Å². The van der Waals surface area contributed by atoms with Gasteiger partial charge in [0.1, 0.15) is 0 Å². The Labute approximate surface area is 111 Å². The molecule has 0 aliphatic carbocycles. The summed E-state index contributed by atoms with van der Waals surface area (Å²) in [5.74, 6) is 4.17. The van der Waals surface area contributed by atoms with Gasteiger partial charge >= 0.3 is 6.18 Å². The fourth-order valence-electron chi connectivity index (χ4n) is 1.50. The van der Waals surface area contributed by atoms with Gasteiger partial charge in [0.2, 0.25) is 5.16 Å². The Morgan fingerprint density at radius 1 is 1.21 bits per heavy atom. The monoisotopic (exact) mass is 288 g/mol. The molecular formula is C11H11F3N4S. The standard InChI is InChI=1S/C11H11F3N4S/c1-7(8-5-3-2-4-6-8)19-10-17-16-9(18(10)15)11(12,13)14/h2-7H,15H2,1H3. The maximum Gasteiger partial charge on any atom is 0.453 e. The highest BCUT2D eigenvalue weighted by Crippen LogP contribution is 2.35. The van der Waals surface area contributed by atoms with Crippen molar-refractivity contribution >= 4 is 11.8 Å². The quantitative estimate of drug-likeness (QED) is 0.697. The van der Waals surface area contributed by atoms with Crippen molar-refractivity contribution in [3.63, 3.8) is 0 Å². The number of halogens is 3. The van der Waals surface area contributed by atoms with Gasteiger partial charge in [0.05, 0.1) is 0 Å². The van der Waals surface area contributed by atoms with Crippen molar-refractivity contribution in [3.05, 3.63) is 41.7 Å². The van der Waals surface area contributed by atoms with Crippen molar-refractivity contribution in [2.24, 2.45) is 0 Å². The molecule has 19 heavy (non-hydrogen) atoms. The number of aromatic nitrogens is 3. The van der Waals surface area contributed by atoms with Gasteiger partial charge in [0.15, 0.2) is 0 Å². The molecule has 0 aliphatic rings. The third kappa shape index (κ3) is 3.01. The van der Waals surface area contributed by atoms with Gasteiger partial charge in [0.25, 0.3) is 5.82 Å². The molecule has 4 nitrogen and oxygen atoms in total. The van der Waals surface area contributed by atoms with Crippen LogP contribution < -0.4 is 5.84 Å². The molecule has 0 radical (unpaired) electrons. The van der Waals surface area contributed by atoms with Gasteiger partial charge in [-0.15, -0.1) is 10.2 Å². The molecule has 1 aromatic heterocycles. The number of rotatable bonds is 3. The lowest BCUT2D eigenvalue weighted by molar-refractivity contribution is -0.146. The zero-order chi connectivity index (χ0) is 14.0. The van der Waals surface area contributed by atoms with Crippen LogP contribution in [-0.4, -0.2) is 14.9 Å². The van der Waals surface area contributed by atoms with Gasteiger partial charge in [-0.1, -0.05) is 42.1 Å². The SMILES string of the molecule is CC(Sc1nnc(C(F)(F)F)n1N)c1ccccc1. The van der Waals surface area contributed by atoms with E-state index in [1.54, 1.807) is 0 Å². The first-order chi connectivity index (χ1) is 8.89. The highest BCUT2D eigenvalue weighted by molar-refractivity contribution is 7.99. The minimum Gasteiger partial charge on any atom is -0.335 e. The van der Waals surface area contributed by atoms with Crippen LogP contribution in [0.5, 0.6) is 0 Å². The van der Waals surface area contributed by atoms with Crippen molar-refractivity contribution in [3.8, 4) is 0 Å². The highest BCUT2D eigenvalue weighted by Gasteiger charge is 2.38. The summed E-state index contributed by atoms with van der Waals surface area (Å²) < 4.78 is 38.0. The van der Waals surface area contributed by atoms with Gasteiger partial charge in [-0.2, -0.15) is 13.2 Å². The number of thioether (sulfide) groups is 1. The van der Waals surface area contributed by atoms with Crippen LogP contribution in [0.3, 0.4) is 0 Å². The molecule has 0 aliphatic heterocycles. The van der Waals surface area contributed by atoms with E-state index in [9.17, 15) is 13.2 Å². The lowest BCUT2D eigenvalue weighted by Crippen LogP contribution is -2.21.